The molecule has 0 spiro atoms. The third-order valence-electron chi connectivity index (χ3n) is 2.85. The first kappa shape index (κ1) is 12.0. The topological polar surface area (TPSA) is 60.9 Å². The molecule has 1 aliphatic rings. The second-order valence-electron chi connectivity index (χ2n) is 4.47. The number of amides is 1. The molecule has 0 bridgehead atoms. The molecule has 1 rings (SSSR count). The van der Waals surface area contributed by atoms with Gasteiger partial charge in [0.15, 0.2) is 0 Å². The van der Waals surface area contributed by atoms with Gasteiger partial charge in [-0.2, -0.15) is 0 Å². The Morgan fingerprint density at radius 3 is 2.53 bits per heavy atom. The highest BCUT2D eigenvalue weighted by molar-refractivity contribution is 5.88. The minimum atomic E-state index is -1.01. The van der Waals surface area contributed by atoms with E-state index >= 15 is 0 Å². The van der Waals surface area contributed by atoms with Crippen molar-refractivity contribution in [2.24, 2.45) is 0 Å². The average Bonchev–Trinajstić information content (AvgIpc) is 2.47. The molecule has 1 unspecified atom stereocenters. The highest BCUT2D eigenvalue weighted by Gasteiger charge is 2.45. The van der Waals surface area contributed by atoms with Crippen molar-refractivity contribution in [1.82, 2.24) is 9.80 Å². The number of rotatable bonds is 3. The summed E-state index contributed by atoms with van der Waals surface area (Å²) in [7, 11) is 3.60. The van der Waals surface area contributed by atoms with Crippen LogP contribution in [0.5, 0.6) is 0 Å². The molecule has 0 aromatic rings. The first-order valence-electron chi connectivity index (χ1n) is 5.06. The molecule has 1 aliphatic heterocycles. The van der Waals surface area contributed by atoms with E-state index in [2.05, 4.69) is 0 Å². The zero-order chi connectivity index (χ0) is 11.6. The first-order chi connectivity index (χ1) is 6.88. The smallest absolute Gasteiger partial charge is 0.329 e. The maximum Gasteiger partial charge on any atom is 0.329 e. The lowest BCUT2D eigenvalue weighted by molar-refractivity contribution is -0.155. The maximum absolute atomic E-state index is 11.8. The van der Waals surface area contributed by atoms with Crippen molar-refractivity contribution in [3.63, 3.8) is 0 Å². The lowest BCUT2D eigenvalue weighted by atomic mass is 9.99. The summed E-state index contributed by atoms with van der Waals surface area (Å²) in [6.07, 6.45) is 1.31. The van der Waals surface area contributed by atoms with Gasteiger partial charge in [0.05, 0.1) is 6.54 Å². The number of likely N-dealkylation sites (N-methyl/N-ethyl adjacent to an activating group) is 1. The molecule has 0 aromatic carbocycles. The standard InChI is InChI=1S/C10H18N2O3/c1-10(9(14)15)5-4-6-12(10)8(13)7-11(2)3/h4-7H2,1-3H3,(H,14,15). The Bertz CT molecular complexity index is 278. The average molecular weight is 214 g/mol. The van der Waals surface area contributed by atoms with E-state index in [9.17, 15) is 9.59 Å². The Balaban J connectivity index is 2.76. The van der Waals surface area contributed by atoms with Crippen molar-refractivity contribution in [2.45, 2.75) is 25.3 Å². The molecular formula is C10H18N2O3. The SMILES string of the molecule is CN(C)CC(=O)N1CCCC1(C)C(=O)O. The molecular weight excluding hydrogens is 196 g/mol. The number of hydrogen-bond donors (Lipinski definition) is 1. The molecule has 15 heavy (non-hydrogen) atoms. The Morgan fingerprint density at radius 2 is 2.07 bits per heavy atom. The molecule has 1 saturated heterocycles. The van der Waals surface area contributed by atoms with Crippen LogP contribution >= 0.6 is 0 Å². The summed E-state index contributed by atoms with van der Waals surface area (Å²) in [6.45, 7) is 2.44. The van der Waals surface area contributed by atoms with Gasteiger partial charge in [-0.05, 0) is 33.9 Å². The number of hydrogen-bond acceptors (Lipinski definition) is 3. The number of aliphatic carboxylic acids is 1. The van der Waals surface area contributed by atoms with Crippen LogP contribution in [0.15, 0.2) is 0 Å². The highest BCUT2D eigenvalue weighted by Crippen LogP contribution is 2.29. The quantitative estimate of drug-likeness (QED) is 0.719. The van der Waals surface area contributed by atoms with Gasteiger partial charge in [0.2, 0.25) is 5.91 Å². The monoisotopic (exact) mass is 214 g/mol. The van der Waals surface area contributed by atoms with Crippen LogP contribution < -0.4 is 0 Å². The van der Waals surface area contributed by atoms with Crippen molar-refractivity contribution < 1.29 is 14.7 Å². The van der Waals surface area contributed by atoms with E-state index in [0.717, 1.165) is 6.42 Å². The molecule has 1 amide bonds. The zero-order valence-corrected chi connectivity index (χ0v) is 9.49. The summed E-state index contributed by atoms with van der Waals surface area (Å²) in [4.78, 5) is 26.1. The van der Waals surface area contributed by atoms with Gasteiger partial charge in [0.25, 0.3) is 0 Å². The van der Waals surface area contributed by atoms with Crippen molar-refractivity contribution in [3.8, 4) is 0 Å². The Morgan fingerprint density at radius 1 is 1.47 bits per heavy atom. The van der Waals surface area contributed by atoms with Crippen LogP contribution in [0.3, 0.4) is 0 Å². The van der Waals surface area contributed by atoms with Crippen LogP contribution in [0.1, 0.15) is 19.8 Å². The largest absolute Gasteiger partial charge is 0.480 e. The molecule has 1 N–H and O–H groups in total. The molecule has 1 fully saturated rings. The molecule has 1 heterocycles. The van der Waals surface area contributed by atoms with Gasteiger partial charge in [-0.15, -0.1) is 0 Å². The normalized spacial score (nSPS) is 26.0. The van der Waals surface area contributed by atoms with Gasteiger partial charge in [0, 0.05) is 6.54 Å². The molecule has 86 valence electrons. The van der Waals surface area contributed by atoms with Crippen LogP contribution in [0.4, 0.5) is 0 Å². The molecule has 5 nitrogen and oxygen atoms in total. The number of nitrogens with zero attached hydrogens (tertiary/aromatic N) is 2. The number of carboxylic acid groups (broad SMARTS) is 1. The lowest BCUT2D eigenvalue weighted by Gasteiger charge is -2.32. The predicted octanol–water partition coefficient (Wildman–Crippen LogP) is 0.0137. The van der Waals surface area contributed by atoms with E-state index in [1.807, 2.05) is 0 Å². The Hall–Kier alpha value is -1.10. The summed E-state index contributed by atoms with van der Waals surface area (Å²) in [5.41, 5.74) is -1.01. The third kappa shape index (κ3) is 2.28. The Kier molecular flexibility index (Phi) is 3.34. The predicted molar refractivity (Wildman–Crippen MR) is 55.5 cm³/mol. The molecule has 0 aromatic heterocycles. The molecule has 1 atom stereocenters. The number of carbonyl (C=O) groups is 2. The van der Waals surface area contributed by atoms with E-state index in [0.29, 0.717) is 13.0 Å². The number of likely N-dealkylation sites (tertiary alicyclic amines) is 1. The van der Waals surface area contributed by atoms with Crippen molar-refractivity contribution >= 4 is 11.9 Å². The van der Waals surface area contributed by atoms with Gasteiger partial charge in [0.1, 0.15) is 5.54 Å². The van der Waals surface area contributed by atoms with Gasteiger partial charge in [-0.1, -0.05) is 0 Å². The summed E-state index contributed by atoms with van der Waals surface area (Å²) in [5.74, 6) is -1.02. The van der Waals surface area contributed by atoms with Gasteiger partial charge in [-0.3, -0.25) is 4.79 Å². The minimum Gasteiger partial charge on any atom is -0.480 e. The van der Waals surface area contributed by atoms with E-state index in [1.54, 1.807) is 25.9 Å². The Labute approximate surface area is 89.7 Å². The first-order valence-corrected chi connectivity index (χ1v) is 5.06. The molecule has 5 heteroatoms. The van der Waals surface area contributed by atoms with Crippen molar-refractivity contribution in [2.75, 3.05) is 27.2 Å². The van der Waals surface area contributed by atoms with Crippen LogP contribution in [0.2, 0.25) is 0 Å². The summed E-state index contributed by atoms with van der Waals surface area (Å²) < 4.78 is 0. The number of carbonyl (C=O) groups excluding carboxylic acids is 1. The fourth-order valence-corrected chi connectivity index (χ4v) is 1.94. The fraction of sp³-hybridized carbons (Fsp3) is 0.800. The number of carboxylic acids is 1. The summed E-state index contributed by atoms with van der Waals surface area (Å²) >= 11 is 0. The van der Waals surface area contributed by atoms with Crippen molar-refractivity contribution in [3.05, 3.63) is 0 Å². The minimum absolute atomic E-state index is 0.109. The van der Waals surface area contributed by atoms with Crippen LogP contribution in [0.25, 0.3) is 0 Å². The molecule has 0 saturated carbocycles. The van der Waals surface area contributed by atoms with Gasteiger partial charge in [-0.25, -0.2) is 4.79 Å². The lowest BCUT2D eigenvalue weighted by Crippen LogP contribution is -2.52. The summed E-state index contributed by atoms with van der Waals surface area (Å²) in [5, 5.41) is 9.12. The fourth-order valence-electron chi connectivity index (χ4n) is 1.94. The van der Waals surface area contributed by atoms with Gasteiger partial charge < -0.3 is 14.9 Å². The van der Waals surface area contributed by atoms with E-state index in [-0.39, 0.29) is 12.5 Å². The maximum atomic E-state index is 11.8. The summed E-state index contributed by atoms with van der Waals surface area (Å²) in [6, 6.07) is 0. The second kappa shape index (κ2) is 4.18. The zero-order valence-electron chi connectivity index (χ0n) is 9.49. The van der Waals surface area contributed by atoms with Crippen LogP contribution in [-0.4, -0.2) is 59.5 Å². The van der Waals surface area contributed by atoms with E-state index < -0.39 is 11.5 Å². The van der Waals surface area contributed by atoms with Crippen molar-refractivity contribution in [1.29, 1.82) is 0 Å². The van der Waals surface area contributed by atoms with Crippen LogP contribution in [-0.2, 0) is 9.59 Å². The third-order valence-corrected chi connectivity index (χ3v) is 2.85. The molecule has 0 aliphatic carbocycles. The highest BCUT2D eigenvalue weighted by atomic mass is 16.4. The van der Waals surface area contributed by atoms with E-state index in [4.69, 9.17) is 5.11 Å². The van der Waals surface area contributed by atoms with Crippen LogP contribution in [0, 0.1) is 0 Å². The second-order valence-corrected chi connectivity index (χ2v) is 4.47. The molecule has 0 radical (unpaired) electrons. The van der Waals surface area contributed by atoms with Gasteiger partial charge >= 0.3 is 5.97 Å². The van der Waals surface area contributed by atoms with E-state index in [1.165, 1.54) is 4.90 Å².